The van der Waals surface area contributed by atoms with E-state index in [2.05, 4.69) is 48.1 Å². The molecule has 0 aliphatic heterocycles. The van der Waals surface area contributed by atoms with E-state index in [0.29, 0.717) is 0 Å². The Hall–Kier alpha value is -0.0900. The third kappa shape index (κ3) is 4.45. The molecular weight excluding hydrogens is 326 g/mol. The average Bonchev–Trinajstić information content (AvgIpc) is 2.40. The van der Waals surface area contributed by atoms with Crippen LogP contribution >= 0.6 is 27.5 Å². The van der Waals surface area contributed by atoms with Crippen LogP contribution in [0.15, 0.2) is 22.7 Å². The molecule has 4 heteroatoms. The second-order valence-corrected chi connectivity index (χ2v) is 6.24. The van der Waals surface area contributed by atoms with Gasteiger partial charge in [-0.25, -0.2) is 0 Å². The number of halogens is 2. The van der Waals surface area contributed by atoms with Crippen molar-refractivity contribution in [1.82, 2.24) is 5.32 Å². The number of likely N-dealkylation sites (N-methyl/N-ethyl adjacent to an activating group) is 1. The van der Waals surface area contributed by atoms with E-state index in [0.717, 1.165) is 34.4 Å². The van der Waals surface area contributed by atoms with Crippen LogP contribution in [0.2, 0.25) is 5.02 Å². The molecule has 0 radical (unpaired) electrons. The lowest BCUT2D eigenvalue weighted by Crippen LogP contribution is -2.51. The third-order valence-electron chi connectivity index (χ3n) is 3.80. The van der Waals surface area contributed by atoms with Gasteiger partial charge in [0.2, 0.25) is 0 Å². The molecule has 0 aliphatic carbocycles. The minimum Gasteiger partial charge on any atom is -0.377 e. The minimum atomic E-state index is -0.188. The van der Waals surface area contributed by atoms with E-state index in [-0.39, 0.29) is 11.6 Å². The molecule has 2 atom stereocenters. The summed E-state index contributed by atoms with van der Waals surface area (Å²) >= 11 is 9.75. The Bertz CT molecular complexity index is 407. The number of hydrogen-bond donors (Lipinski definition) is 1. The first-order chi connectivity index (χ1) is 8.96. The predicted molar refractivity (Wildman–Crippen MR) is 86.0 cm³/mol. The Labute approximate surface area is 130 Å². The highest BCUT2D eigenvalue weighted by Crippen LogP contribution is 2.27. The van der Waals surface area contributed by atoms with Gasteiger partial charge in [-0.1, -0.05) is 47.4 Å². The summed E-state index contributed by atoms with van der Waals surface area (Å²) in [5.41, 5.74) is 0.958. The number of ether oxygens (including phenoxy) is 1. The summed E-state index contributed by atoms with van der Waals surface area (Å²) in [5.74, 6) is 0. The summed E-state index contributed by atoms with van der Waals surface area (Å²) in [5, 5.41) is 4.32. The van der Waals surface area contributed by atoms with Gasteiger partial charge in [0.05, 0.1) is 5.60 Å². The molecule has 0 aliphatic rings. The lowest BCUT2D eigenvalue weighted by molar-refractivity contribution is -0.0283. The number of benzene rings is 1. The molecule has 0 spiro atoms. The van der Waals surface area contributed by atoms with Gasteiger partial charge in [-0.2, -0.15) is 0 Å². The first kappa shape index (κ1) is 17.0. The van der Waals surface area contributed by atoms with Crippen molar-refractivity contribution < 1.29 is 4.74 Å². The van der Waals surface area contributed by atoms with E-state index in [1.54, 1.807) is 7.11 Å². The van der Waals surface area contributed by atoms with Crippen LogP contribution in [0.1, 0.15) is 32.8 Å². The summed E-state index contributed by atoms with van der Waals surface area (Å²) in [6, 6.07) is 6.28. The Morgan fingerprint density at radius 1 is 1.42 bits per heavy atom. The minimum absolute atomic E-state index is 0.188. The zero-order valence-corrected chi connectivity index (χ0v) is 14.4. The van der Waals surface area contributed by atoms with Crippen LogP contribution in [0.5, 0.6) is 0 Å². The number of nitrogens with one attached hydrogen (secondary N) is 1. The van der Waals surface area contributed by atoms with Crippen LogP contribution in [0.25, 0.3) is 0 Å². The van der Waals surface area contributed by atoms with Crippen LogP contribution in [-0.2, 0) is 11.2 Å². The molecule has 1 N–H and O–H groups in total. The maximum atomic E-state index is 6.31. The molecule has 0 saturated carbocycles. The highest BCUT2D eigenvalue weighted by atomic mass is 79.9. The van der Waals surface area contributed by atoms with Crippen molar-refractivity contribution >= 4 is 27.5 Å². The van der Waals surface area contributed by atoms with Gasteiger partial charge in [0.25, 0.3) is 0 Å². The van der Waals surface area contributed by atoms with Crippen molar-refractivity contribution in [3.8, 4) is 0 Å². The first-order valence-electron chi connectivity index (χ1n) is 6.69. The normalized spacial score (nSPS) is 16.1. The summed E-state index contributed by atoms with van der Waals surface area (Å²) in [7, 11) is 1.77. The van der Waals surface area contributed by atoms with Crippen molar-refractivity contribution in [2.45, 2.75) is 45.3 Å². The first-order valence-corrected chi connectivity index (χ1v) is 7.86. The topological polar surface area (TPSA) is 21.3 Å². The molecule has 1 aromatic carbocycles. The van der Waals surface area contributed by atoms with Gasteiger partial charge in [0.15, 0.2) is 0 Å². The Morgan fingerprint density at radius 2 is 2.11 bits per heavy atom. The monoisotopic (exact) mass is 347 g/mol. The average molecular weight is 349 g/mol. The van der Waals surface area contributed by atoms with Gasteiger partial charge in [0.1, 0.15) is 0 Å². The molecule has 0 saturated heterocycles. The largest absolute Gasteiger partial charge is 0.377 e. The maximum absolute atomic E-state index is 6.31. The number of hydrogen-bond acceptors (Lipinski definition) is 2. The van der Waals surface area contributed by atoms with Gasteiger partial charge in [-0.05, 0) is 44.0 Å². The molecule has 2 unspecified atom stereocenters. The van der Waals surface area contributed by atoms with Gasteiger partial charge in [0, 0.05) is 22.6 Å². The molecule has 1 aromatic rings. The molecule has 0 amide bonds. The maximum Gasteiger partial charge on any atom is 0.0803 e. The van der Waals surface area contributed by atoms with E-state index in [1.165, 1.54) is 0 Å². The van der Waals surface area contributed by atoms with Gasteiger partial charge in [-0.15, -0.1) is 0 Å². The molecule has 19 heavy (non-hydrogen) atoms. The van der Waals surface area contributed by atoms with E-state index in [4.69, 9.17) is 16.3 Å². The lowest BCUT2D eigenvalue weighted by atomic mass is 9.88. The van der Waals surface area contributed by atoms with Crippen molar-refractivity contribution in [2.24, 2.45) is 0 Å². The van der Waals surface area contributed by atoms with Crippen molar-refractivity contribution in [3.63, 3.8) is 0 Å². The summed E-state index contributed by atoms with van der Waals surface area (Å²) in [4.78, 5) is 0. The van der Waals surface area contributed by atoms with Crippen molar-refractivity contribution in [1.29, 1.82) is 0 Å². The number of rotatable bonds is 7. The highest BCUT2D eigenvalue weighted by molar-refractivity contribution is 9.10. The molecule has 0 heterocycles. The number of methoxy groups -OCH3 is 1. The van der Waals surface area contributed by atoms with Gasteiger partial charge >= 0.3 is 0 Å². The highest BCUT2D eigenvalue weighted by Gasteiger charge is 2.32. The van der Waals surface area contributed by atoms with Crippen LogP contribution in [-0.4, -0.2) is 25.3 Å². The van der Waals surface area contributed by atoms with Gasteiger partial charge in [-0.3, -0.25) is 0 Å². The molecule has 0 aromatic heterocycles. The SMILES string of the molecule is CCNC(Cc1ccc(Br)cc1Cl)C(C)(CC)OC. The van der Waals surface area contributed by atoms with Crippen LogP contribution in [0.4, 0.5) is 0 Å². The molecule has 2 nitrogen and oxygen atoms in total. The lowest BCUT2D eigenvalue weighted by Gasteiger charge is -2.36. The fourth-order valence-electron chi connectivity index (χ4n) is 2.19. The summed E-state index contributed by atoms with van der Waals surface area (Å²) in [6.07, 6.45) is 1.81. The fraction of sp³-hybridized carbons (Fsp3) is 0.600. The van der Waals surface area contributed by atoms with E-state index >= 15 is 0 Å². The van der Waals surface area contributed by atoms with Crippen LogP contribution in [0.3, 0.4) is 0 Å². The van der Waals surface area contributed by atoms with E-state index < -0.39 is 0 Å². The molecule has 0 bridgehead atoms. The predicted octanol–water partition coefficient (Wildman–Crippen LogP) is 4.44. The second-order valence-electron chi connectivity index (χ2n) is 4.92. The van der Waals surface area contributed by atoms with Gasteiger partial charge < -0.3 is 10.1 Å². The molecular formula is C15H23BrClNO. The molecule has 0 fully saturated rings. The fourth-order valence-corrected chi connectivity index (χ4v) is 2.94. The second kappa shape index (κ2) is 7.63. The Kier molecular flexibility index (Phi) is 6.81. The third-order valence-corrected chi connectivity index (χ3v) is 4.64. The van der Waals surface area contributed by atoms with Crippen LogP contribution < -0.4 is 5.32 Å². The standard InChI is InChI=1S/C15H23BrClNO/c1-5-15(3,19-4)14(18-6-2)9-11-7-8-12(16)10-13(11)17/h7-8,10,14,18H,5-6,9H2,1-4H3. The van der Waals surface area contributed by atoms with E-state index in [1.807, 2.05) is 12.1 Å². The quantitative estimate of drug-likeness (QED) is 0.786. The summed E-state index contributed by atoms with van der Waals surface area (Å²) in [6.45, 7) is 7.32. The van der Waals surface area contributed by atoms with Crippen molar-refractivity contribution in [2.75, 3.05) is 13.7 Å². The molecule has 108 valence electrons. The molecule has 1 rings (SSSR count). The zero-order chi connectivity index (χ0) is 14.5. The van der Waals surface area contributed by atoms with Crippen LogP contribution in [0, 0.1) is 0 Å². The Morgan fingerprint density at radius 3 is 2.58 bits per heavy atom. The zero-order valence-electron chi connectivity index (χ0n) is 12.1. The Balaban J connectivity index is 2.95. The van der Waals surface area contributed by atoms with E-state index in [9.17, 15) is 0 Å². The van der Waals surface area contributed by atoms with Crippen molar-refractivity contribution in [3.05, 3.63) is 33.3 Å². The smallest absolute Gasteiger partial charge is 0.0803 e. The summed E-state index contributed by atoms with van der Waals surface area (Å²) < 4.78 is 6.73.